The summed E-state index contributed by atoms with van der Waals surface area (Å²) in [5.41, 5.74) is 0.779. The molecule has 9 nitrogen and oxygen atoms in total. The summed E-state index contributed by atoms with van der Waals surface area (Å²) < 4.78 is 33.5. The first kappa shape index (κ1) is 20.0. The molecule has 0 atom stereocenters. The van der Waals surface area contributed by atoms with E-state index >= 15 is 0 Å². The molecule has 1 aromatic heterocycles. The molecule has 2 aromatic rings. The number of hydrogen-bond acceptors (Lipinski definition) is 6. The normalized spacial score (nSPS) is 15.4. The first-order chi connectivity index (χ1) is 13.3. The molecule has 2 heterocycles. The highest BCUT2D eigenvalue weighted by Gasteiger charge is 2.30. The molecule has 0 aliphatic carbocycles. The number of esters is 1. The number of carbonyl (C=O) groups excluding carboxylic acids is 2. The maximum Gasteiger partial charge on any atom is 0.338 e. The van der Waals surface area contributed by atoms with Crippen molar-refractivity contribution in [3.05, 3.63) is 47.8 Å². The summed E-state index contributed by atoms with van der Waals surface area (Å²) in [6.45, 7) is 2.96. The molecule has 0 unspecified atom stereocenters. The number of benzene rings is 1. The third-order valence-corrected chi connectivity index (χ3v) is 6.39. The van der Waals surface area contributed by atoms with Gasteiger partial charge in [0.05, 0.1) is 28.8 Å². The Balaban J connectivity index is 1.66. The van der Waals surface area contributed by atoms with Crippen LogP contribution in [0.4, 0.5) is 0 Å². The second-order valence-electron chi connectivity index (χ2n) is 6.34. The molecule has 1 aliphatic heterocycles. The van der Waals surface area contributed by atoms with Crippen molar-refractivity contribution in [2.45, 2.75) is 11.8 Å². The molecule has 150 valence electrons. The number of amides is 1. The van der Waals surface area contributed by atoms with Gasteiger partial charge >= 0.3 is 5.97 Å². The number of piperazine rings is 1. The molecule has 28 heavy (non-hydrogen) atoms. The van der Waals surface area contributed by atoms with Crippen molar-refractivity contribution in [1.29, 1.82) is 0 Å². The predicted octanol–water partition coefficient (Wildman–Crippen LogP) is 0.744. The van der Waals surface area contributed by atoms with E-state index in [2.05, 4.69) is 5.10 Å². The van der Waals surface area contributed by atoms with E-state index < -0.39 is 16.0 Å². The largest absolute Gasteiger partial charge is 0.462 e. The van der Waals surface area contributed by atoms with Gasteiger partial charge in [-0.3, -0.25) is 9.48 Å². The highest BCUT2D eigenvalue weighted by atomic mass is 32.2. The molecule has 1 fully saturated rings. The van der Waals surface area contributed by atoms with E-state index in [1.54, 1.807) is 29.7 Å². The fourth-order valence-electron chi connectivity index (χ4n) is 2.97. The predicted molar refractivity (Wildman–Crippen MR) is 100 cm³/mol. The van der Waals surface area contributed by atoms with Crippen molar-refractivity contribution in [3.63, 3.8) is 0 Å². The van der Waals surface area contributed by atoms with E-state index in [4.69, 9.17) is 4.74 Å². The number of sulfonamides is 1. The molecule has 0 N–H and O–H groups in total. The van der Waals surface area contributed by atoms with Crippen LogP contribution in [0.2, 0.25) is 0 Å². The van der Waals surface area contributed by atoms with Gasteiger partial charge < -0.3 is 9.64 Å². The van der Waals surface area contributed by atoms with Crippen LogP contribution >= 0.6 is 0 Å². The van der Waals surface area contributed by atoms with Crippen LogP contribution in [-0.2, 0) is 21.8 Å². The number of rotatable bonds is 5. The Morgan fingerprint density at radius 2 is 1.71 bits per heavy atom. The number of carbonyl (C=O) groups is 2. The Morgan fingerprint density at radius 3 is 2.25 bits per heavy atom. The number of hydrogen-bond donors (Lipinski definition) is 0. The van der Waals surface area contributed by atoms with Crippen molar-refractivity contribution in [1.82, 2.24) is 19.0 Å². The second-order valence-corrected chi connectivity index (χ2v) is 8.28. The summed E-state index contributed by atoms with van der Waals surface area (Å²) in [7, 11) is -1.97. The minimum atomic E-state index is -3.70. The lowest BCUT2D eigenvalue weighted by atomic mass is 10.2. The maximum atomic E-state index is 12.8. The van der Waals surface area contributed by atoms with Gasteiger partial charge in [-0.25, -0.2) is 13.2 Å². The summed E-state index contributed by atoms with van der Waals surface area (Å²) in [5, 5.41) is 3.99. The van der Waals surface area contributed by atoms with Gasteiger partial charge in [0.2, 0.25) is 10.0 Å². The zero-order valence-corrected chi connectivity index (χ0v) is 16.6. The van der Waals surface area contributed by atoms with E-state index in [9.17, 15) is 18.0 Å². The molecular formula is C18H22N4O5S. The summed E-state index contributed by atoms with van der Waals surface area (Å²) in [5.74, 6) is -0.655. The molecule has 10 heteroatoms. The fraction of sp³-hybridized carbons (Fsp3) is 0.389. The van der Waals surface area contributed by atoms with Crippen molar-refractivity contribution >= 4 is 21.9 Å². The van der Waals surface area contributed by atoms with Gasteiger partial charge in [0.1, 0.15) is 0 Å². The van der Waals surface area contributed by atoms with Crippen molar-refractivity contribution < 1.29 is 22.7 Å². The maximum absolute atomic E-state index is 12.8. The third kappa shape index (κ3) is 4.07. The summed E-state index contributed by atoms with van der Waals surface area (Å²) in [6, 6.07) is 5.67. The van der Waals surface area contributed by atoms with Gasteiger partial charge in [-0.1, -0.05) is 0 Å². The standard InChI is InChI=1S/C18H22N4O5S/c1-3-27-18(24)14-4-6-16(7-5-14)28(25,26)22-10-8-21(9-11-22)17(23)15-12-19-20(2)13-15/h4-7,12-13H,3,8-11H2,1-2H3. The SMILES string of the molecule is CCOC(=O)c1ccc(S(=O)(=O)N2CCN(C(=O)c3cnn(C)c3)CC2)cc1. The van der Waals surface area contributed by atoms with Gasteiger partial charge in [-0.05, 0) is 31.2 Å². The Kier molecular flexibility index (Phi) is 5.80. The van der Waals surface area contributed by atoms with Crippen molar-refractivity contribution in [2.75, 3.05) is 32.8 Å². The van der Waals surface area contributed by atoms with Crippen molar-refractivity contribution in [2.24, 2.45) is 7.05 Å². The molecular weight excluding hydrogens is 384 g/mol. The smallest absolute Gasteiger partial charge is 0.338 e. The fourth-order valence-corrected chi connectivity index (χ4v) is 4.39. The van der Waals surface area contributed by atoms with Crippen LogP contribution in [-0.4, -0.2) is 72.1 Å². The van der Waals surface area contributed by atoms with Crippen LogP contribution in [0.1, 0.15) is 27.6 Å². The van der Waals surface area contributed by atoms with Crippen LogP contribution in [0.3, 0.4) is 0 Å². The lowest BCUT2D eigenvalue weighted by Crippen LogP contribution is -2.50. The molecule has 1 amide bonds. The number of aromatic nitrogens is 2. The topological polar surface area (TPSA) is 102 Å². The average Bonchev–Trinajstić information content (AvgIpc) is 3.14. The molecule has 1 aromatic carbocycles. The number of ether oxygens (including phenoxy) is 1. The van der Waals surface area contributed by atoms with Crippen LogP contribution in [0, 0.1) is 0 Å². The summed E-state index contributed by atoms with van der Waals surface area (Å²) in [6.07, 6.45) is 3.13. The highest BCUT2D eigenvalue weighted by molar-refractivity contribution is 7.89. The van der Waals surface area contributed by atoms with Gasteiger partial charge in [-0.2, -0.15) is 9.40 Å². The van der Waals surface area contributed by atoms with Crippen LogP contribution in [0.25, 0.3) is 0 Å². The van der Waals surface area contributed by atoms with Crippen LogP contribution < -0.4 is 0 Å². The molecule has 0 bridgehead atoms. The first-order valence-corrected chi connectivity index (χ1v) is 10.3. The highest BCUT2D eigenvalue weighted by Crippen LogP contribution is 2.19. The van der Waals surface area contributed by atoms with E-state index in [-0.39, 0.29) is 30.5 Å². The Hall–Kier alpha value is -2.72. The lowest BCUT2D eigenvalue weighted by Gasteiger charge is -2.33. The monoisotopic (exact) mass is 406 g/mol. The Labute approximate surface area is 163 Å². The molecule has 1 aliphatic rings. The first-order valence-electron chi connectivity index (χ1n) is 8.88. The molecule has 0 radical (unpaired) electrons. The van der Waals surface area contributed by atoms with Crippen molar-refractivity contribution in [3.8, 4) is 0 Å². The number of nitrogens with zero attached hydrogens (tertiary/aromatic N) is 4. The molecule has 1 saturated heterocycles. The summed E-state index contributed by atoms with van der Waals surface area (Å²) in [4.78, 5) is 25.9. The van der Waals surface area contributed by atoms with E-state index in [0.29, 0.717) is 24.2 Å². The third-order valence-electron chi connectivity index (χ3n) is 4.48. The minimum absolute atomic E-state index is 0.104. The van der Waals surface area contributed by atoms with E-state index in [1.165, 1.54) is 34.8 Å². The minimum Gasteiger partial charge on any atom is -0.462 e. The van der Waals surface area contributed by atoms with E-state index in [0.717, 1.165) is 0 Å². The zero-order chi connectivity index (χ0) is 20.3. The Morgan fingerprint density at radius 1 is 1.07 bits per heavy atom. The molecule has 0 spiro atoms. The van der Waals surface area contributed by atoms with E-state index in [1.807, 2.05) is 0 Å². The second kappa shape index (κ2) is 8.11. The van der Waals surface area contributed by atoms with Gasteiger partial charge in [0.15, 0.2) is 0 Å². The average molecular weight is 406 g/mol. The summed E-state index contributed by atoms with van der Waals surface area (Å²) >= 11 is 0. The van der Waals surface area contributed by atoms with Crippen LogP contribution in [0.15, 0.2) is 41.6 Å². The van der Waals surface area contributed by atoms with Gasteiger partial charge in [0, 0.05) is 39.4 Å². The number of aryl methyl sites for hydroxylation is 1. The molecule has 3 rings (SSSR count). The quantitative estimate of drug-likeness (QED) is 0.679. The Bertz CT molecular complexity index is 960. The zero-order valence-electron chi connectivity index (χ0n) is 15.7. The van der Waals surface area contributed by atoms with Gasteiger partial charge in [0.25, 0.3) is 5.91 Å². The lowest BCUT2D eigenvalue weighted by molar-refractivity contribution is 0.0526. The van der Waals surface area contributed by atoms with Gasteiger partial charge in [-0.15, -0.1) is 0 Å². The molecule has 0 saturated carbocycles. The van der Waals surface area contributed by atoms with Crippen LogP contribution in [0.5, 0.6) is 0 Å².